The number of nitrogens with zero attached hydrogens (tertiary/aromatic N) is 1. The molecule has 2 aliphatic rings. The molecule has 0 spiro atoms. The first-order chi connectivity index (χ1) is 39.1. The molecule has 2 aliphatic carbocycles. The van der Waals surface area contributed by atoms with E-state index in [2.05, 4.69) is 318 Å². The first-order valence-electron chi connectivity index (χ1n) is 27.1. The van der Waals surface area contributed by atoms with Gasteiger partial charge in [0.1, 0.15) is 11.2 Å². The number of hydrogen-bond acceptors (Lipinski definition) is 2. The van der Waals surface area contributed by atoms with Gasteiger partial charge in [-0.3, -0.25) is 0 Å². The van der Waals surface area contributed by atoms with Crippen LogP contribution in [0, 0.1) is 0 Å². The predicted molar refractivity (Wildman–Crippen MR) is 332 cm³/mol. The Bertz CT molecular complexity index is 4530. The fraction of sp³-hybridized carbons (Fsp3) is 0.0263. The summed E-state index contributed by atoms with van der Waals surface area (Å²) in [5, 5.41) is 7.33. The highest BCUT2D eigenvalue weighted by molar-refractivity contribution is 9.10. The molecule has 3 heteroatoms. The summed E-state index contributed by atoms with van der Waals surface area (Å²) in [4.78, 5) is 2.40. The second-order valence-corrected chi connectivity index (χ2v) is 21.6. The van der Waals surface area contributed by atoms with E-state index in [1.165, 1.54) is 88.3 Å². The average molecular weight is 1070 g/mol. The lowest BCUT2D eigenvalue weighted by Gasteiger charge is -2.35. The Kier molecular flexibility index (Phi) is 11.2. The van der Waals surface area contributed by atoms with Gasteiger partial charge in [0.05, 0.1) is 21.9 Å². The van der Waals surface area contributed by atoms with E-state index in [1.54, 1.807) is 0 Å². The van der Waals surface area contributed by atoms with Gasteiger partial charge >= 0.3 is 0 Å². The third-order valence-corrected chi connectivity index (χ3v) is 17.2. The molecule has 0 N–H and O–H groups in total. The largest absolute Gasteiger partial charge is 0.456 e. The molecule has 0 fully saturated rings. The van der Waals surface area contributed by atoms with E-state index in [1.807, 2.05) is 6.07 Å². The highest BCUT2D eigenvalue weighted by Crippen LogP contribution is 2.60. The van der Waals surface area contributed by atoms with Gasteiger partial charge in [-0.2, -0.15) is 0 Å². The van der Waals surface area contributed by atoms with Crippen molar-refractivity contribution in [1.29, 1.82) is 0 Å². The van der Waals surface area contributed by atoms with Gasteiger partial charge in [0.15, 0.2) is 0 Å². The second kappa shape index (κ2) is 18.9. The molecule has 2 nitrogen and oxygen atoms in total. The molecule has 0 saturated carbocycles. The van der Waals surface area contributed by atoms with E-state index >= 15 is 0 Å². The fourth-order valence-corrected chi connectivity index (χ4v) is 13.9. The number of para-hydroxylation sites is 2. The molecule has 0 atom stereocenters. The zero-order valence-corrected chi connectivity index (χ0v) is 44.7. The van der Waals surface area contributed by atoms with Gasteiger partial charge in [0.25, 0.3) is 0 Å². The number of rotatable bonds is 7. The molecule has 372 valence electrons. The van der Waals surface area contributed by atoms with Crippen molar-refractivity contribution >= 4 is 76.5 Å². The first-order valence-corrected chi connectivity index (χ1v) is 27.9. The number of benzene rings is 13. The highest BCUT2D eigenvalue weighted by atomic mass is 79.9. The van der Waals surface area contributed by atoms with Gasteiger partial charge in [-0.05, 0) is 143 Å². The van der Waals surface area contributed by atoms with E-state index in [-0.39, 0.29) is 5.41 Å². The van der Waals surface area contributed by atoms with E-state index < -0.39 is 5.41 Å². The Hall–Kier alpha value is -9.54. The van der Waals surface area contributed by atoms with E-state index in [9.17, 15) is 0 Å². The molecule has 0 unspecified atom stereocenters. The third-order valence-electron chi connectivity index (χ3n) is 16.7. The summed E-state index contributed by atoms with van der Waals surface area (Å²) in [6, 6.07) is 110. The monoisotopic (exact) mass is 1070 g/mol. The van der Waals surface area contributed by atoms with Crippen LogP contribution in [0.15, 0.2) is 312 Å². The summed E-state index contributed by atoms with van der Waals surface area (Å²) in [7, 11) is 0. The smallest absolute Gasteiger partial charge is 0.137 e. The summed E-state index contributed by atoms with van der Waals surface area (Å²) >= 11 is 3.76. The minimum Gasteiger partial charge on any atom is -0.456 e. The third kappa shape index (κ3) is 7.16. The van der Waals surface area contributed by atoms with Crippen LogP contribution >= 0.6 is 15.9 Å². The van der Waals surface area contributed by atoms with Crippen molar-refractivity contribution in [3.63, 3.8) is 0 Å². The van der Waals surface area contributed by atoms with Crippen LogP contribution in [0.2, 0.25) is 0 Å². The maximum Gasteiger partial charge on any atom is 0.137 e. The SMILES string of the molecule is Brc1ccc2c(c1)C(c1ccccc1)(c1ccccc1)c1ccc3ccccc3c1-2.c1ccc(N(c2ccc3c(c2)C(c2ccccc2)(c2ccccc2)c2ccc4ccccc4c2-3)c2cccc3oc4ccccc4c23)cc1. The molecule has 13 aromatic carbocycles. The Balaban J connectivity index is 0.000000154. The molecular weight excluding hydrogens is 1020 g/mol. The zero-order chi connectivity index (χ0) is 52.5. The van der Waals surface area contributed by atoms with E-state index in [4.69, 9.17) is 4.42 Å². The Morgan fingerprint density at radius 3 is 1.27 bits per heavy atom. The van der Waals surface area contributed by atoms with E-state index in [0.717, 1.165) is 43.5 Å². The standard InChI is InChI=1S/C47H31NO.C29H19Br/c1-4-16-33(17-5-1)47(34-18-6-2-7-19-34)40-30-27-32-15-10-11-22-37(32)45(40)38-29-28-36(31-41(38)47)48(35-20-8-3-9-21-35)42-24-14-26-44-46(42)39-23-12-13-25-43(39)49-44;30-23-16-17-25-27(19-23)29(21-10-3-1-4-11-21,22-12-5-2-6-13-22)26-18-15-20-9-7-8-14-24(20)28(25)26/h1-31H;1-19H. The molecule has 0 radical (unpaired) electrons. The number of halogens is 1. The second-order valence-electron chi connectivity index (χ2n) is 20.7. The maximum absolute atomic E-state index is 6.39. The van der Waals surface area contributed by atoms with Crippen molar-refractivity contribution in [2.75, 3.05) is 4.90 Å². The summed E-state index contributed by atoms with van der Waals surface area (Å²) in [5.74, 6) is 0. The van der Waals surface area contributed by atoms with Crippen LogP contribution in [0.25, 0.3) is 65.7 Å². The molecule has 0 saturated heterocycles. The normalized spacial score (nSPS) is 13.3. The molecule has 0 amide bonds. The summed E-state index contributed by atoms with van der Waals surface area (Å²) in [5.41, 5.74) is 19.8. The van der Waals surface area contributed by atoms with Crippen LogP contribution in [-0.4, -0.2) is 0 Å². The van der Waals surface area contributed by atoms with Crippen LogP contribution in [-0.2, 0) is 10.8 Å². The molecule has 1 heterocycles. The minimum atomic E-state index is -0.524. The predicted octanol–water partition coefficient (Wildman–Crippen LogP) is 20.5. The quantitative estimate of drug-likeness (QED) is 0.158. The fourth-order valence-electron chi connectivity index (χ4n) is 13.6. The molecule has 0 aliphatic heterocycles. The van der Waals surface area contributed by atoms with Crippen LogP contribution in [0.4, 0.5) is 17.1 Å². The molecule has 0 bridgehead atoms. The van der Waals surface area contributed by atoms with Crippen molar-refractivity contribution in [1.82, 2.24) is 0 Å². The minimum absolute atomic E-state index is 0.346. The van der Waals surface area contributed by atoms with Crippen LogP contribution in [0.5, 0.6) is 0 Å². The van der Waals surface area contributed by atoms with Crippen molar-refractivity contribution in [3.8, 4) is 22.3 Å². The highest BCUT2D eigenvalue weighted by Gasteiger charge is 2.48. The lowest BCUT2D eigenvalue weighted by atomic mass is 9.67. The number of fused-ring (bicyclic) bond motifs is 13. The maximum atomic E-state index is 6.39. The Morgan fingerprint density at radius 2 is 0.734 bits per heavy atom. The lowest BCUT2D eigenvalue weighted by Crippen LogP contribution is -2.28. The van der Waals surface area contributed by atoms with Gasteiger partial charge in [-0.15, -0.1) is 0 Å². The van der Waals surface area contributed by atoms with Gasteiger partial charge in [0, 0.05) is 21.2 Å². The average Bonchev–Trinajstić information content (AvgIpc) is 3.74. The van der Waals surface area contributed by atoms with Gasteiger partial charge < -0.3 is 9.32 Å². The van der Waals surface area contributed by atoms with Crippen molar-refractivity contribution in [3.05, 3.63) is 352 Å². The van der Waals surface area contributed by atoms with Gasteiger partial charge in [-0.1, -0.05) is 265 Å². The van der Waals surface area contributed by atoms with Gasteiger partial charge in [-0.25, -0.2) is 0 Å². The number of anilines is 3. The van der Waals surface area contributed by atoms with Crippen LogP contribution in [0.1, 0.15) is 44.5 Å². The summed E-state index contributed by atoms with van der Waals surface area (Å²) in [6.07, 6.45) is 0. The molecular formula is C76H50BrNO. The topological polar surface area (TPSA) is 16.4 Å². The number of furan rings is 1. The molecule has 16 rings (SSSR count). The Morgan fingerprint density at radius 1 is 0.304 bits per heavy atom. The molecule has 1 aromatic heterocycles. The zero-order valence-electron chi connectivity index (χ0n) is 43.1. The molecule has 79 heavy (non-hydrogen) atoms. The van der Waals surface area contributed by atoms with Crippen molar-refractivity contribution in [2.45, 2.75) is 10.8 Å². The Labute approximate surface area is 468 Å². The lowest BCUT2D eigenvalue weighted by molar-refractivity contribution is 0.669. The number of hydrogen-bond donors (Lipinski definition) is 0. The summed E-state index contributed by atoms with van der Waals surface area (Å²) in [6.45, 7) is 0. The van der Waals surface area contributed by atoms with E-state index in [0.29, 0.717) is 0 Å². The molecule has 14 aromatic rings. The first kappa shape index (κ1) is 46.7. The van der Waals surface area contributed by atoms with Gasteiger partial charge in [0.2, 0.25) is 0 Å². The van der Waals surface area contributed by atoms with Crippen LogP contribution in [0.3, 0.4) is 0 Å². The van der Waals surface area contributed by atoms with Crippen LogP contribution < -0.4 is 4.90 Å². The van der Waals surface area contributed by atoms with Crippen molar-refractivity contribution < 1.29 is 4.42 Å². The summed E-state index contributed by atoms with van der Waals surface area (Å²) < 4.78 is 7.50. The van der Waals surface area contributed by atoms with Crippen molar-refractivity contribution in [2.24, 2.45) is 0 Å².